The summed E-state index contributed by atoms with van der Waals surface area (Å²) >= 11 is 0. The molecule has 0 aliphatic heterocycles. The number of hydrogen-bond donors (Lipinski definition) is 4. The molecular formula is C8H10N3O4+. The lowest BCUT2D eigenvalue weighted by atomic mass is 10.3. The molecule has 0 radical (unpaired) electrons. The predicted molar refractivity (Wildman–Crippen MR) is 47.6 cm³/mol. The summed E-state index contributed by atoms with van der Waals surface area (Å²) in [6.45, 7) is -0.433. The summed E-state index contributed by atoms with van der Waals surface area (Å²) in [5.41, 5.74) is 1.63. The minimum atomic E-state index is -1.13. The molecular weight excluding hydrogens is 202 g/mol. The standard InChI is InChI=1S/C8H9N3O4/c9-10-8(15)7-5(12)2-1-3-11(7)4-6(13)14/h1-3,9H,4H2,(H3,12,13,14,15)/p+1. The van der Waals surface area contributed by atoms with Gasteiger partial charge in [-0.3, -0.25) is 10.2 Å². The normalized spacial score (nSPS) is 9.67. The van der Waals surface area contributed by atoms with Crippen LogP contribution in [0.2, 0.25) is 0 Å². The number of aromatic nitrogens is 1. The number of hydrazine groups is 1. The molecule has 1 amide bonds. The highest BCUT2D eigenvalue weighted by Crippen LogP contribution is 2.10. The summed E-state index contributed by atoms with van der Waals surface area (Å²) in [5, 5.41) is 17.9. The molecule has 1 heterocycles. The number of carbonyl (C=O) groups is 2. The fourth-order valence-corrected chi connectivity index (χ4v) is 1.13. The Kier molecular flexibility index (Phi) is 3.19. The Morgan fingerprint density at radius 3 is 2.73 bits per heavy atom. The number of carbonyl (C=O) groups excluding carboxylic acids is 1. The minimum absolute atomic E-state index is 0.192. The molecule has 7 nitrogen and oxygen atoms in total. The van der Waals surface area contributed by atoms with Crippen LogP contribution in [0.1, 0.15) is 10.5 Å². The minimum Gasteiger partial charge on any atom is -0.502 e. The van der Waals surface area contributed by atoms with Crippen LogP contribution in [0.3, 0.4) is 0 Å². The topological polar surface area (TPSA) is 117 Å². The van der Waals surface area contributed by atoms with Crippen LogP contribution in [-0.2, 0) is 11.3 Å². The lowest BCUT2D eigenvalue weighted by Crippen LogP contribution is -2.47. The van der Waals surface area contributed by atoms with Crippen LogP contribution in [0.5, 0.6) is 5.75 Å². The van der Waals surface area contributed by atoms with Gasteiger partial charge in [0.25, 0.3) is 0 Å². The molecule has 0 fully saturated rings. The third-order valence-corrected chi connectivity index (χ3v) is 1.70. The molecule has 1 rings (SSSR count). The summed E-state index contributed by atoms with van der Waals surface area (Å²) in [4.78, 5) is 21.7. The van der Waals surface area contributed by atoms with Gasteiger partial charge in [-0.25, -0.2) is 10.6 Å². The van der Waals surface area contributed by atoms with Crippen molar-refractivity contribution in [3.05, 3.63) is 24.0 Å². The molecule has 0 aromatic carbocycles. The largest absolute Gasteiger partial charge is 0.502 e. The zero-order valence-corrected chi connectivity index (χ0v) is 7.67. The van der Waals surface area contributed by atoms with E-state index in [1.807, 2.05) is 5.43 Å². The van der Waals surface area contributed by atoms with Gasteiger partial charge in [0, 0.05) is 6.07 Å². The zero-order valence-electron chi connectivity index (χ0n) is 7.67. The maximum absolute atomic E-state index is 11.2. The molecule has 0 saturated heterocycles. The zero-order chi connectivity index (χ0) is 11.4. The Labute approximate surface area is 84.7 Å². The number of nitrogen functional groups attached to an aromatic ring is 1. The second kappa shape index (κ2) is 4.38. The molecule has 0 spiro atoms. The first-order chi connectivity index (χ1) is 7.06. The van der Waals surface area contributed by atoms with Crippen LogP contribution in [0.15, 0.2) is 18.3 Å². The molecule has 0 aliphatic rings. The van der Waals surface area contributed by atoms with Crippen LogP contribution in [0.4, 0.5) is 0 Å². The van der Waals surface area contributed by atoms with E-state index in [1.165, 1.54) is 18.3 Å². The first-order valence-electron chi connectivity index (χ1n) is 4.00. The molecule has 0 bridgehead atoms. The van der Waals surface area contributed by atoms with Gasteiger partial charge in [-0.1, -0.05) is 0 Å². The van der Waals surface area contributed by atoms with E-state index < -0.39 is 18.4 Å². The van der Waals surface area contributed by atoms with Gasteiger partial charge < -0.3 is 10.2 Å². The third kappa shape index (κ3) is 2.41. The van der Waals surface area contributed by atoms with Crippen LogP contribution in [-0.4, -0.2) is 22.1 Å². The van der Waals surface area contributed by atoms with Gasteiger partial charge in [-0.2, -0.15) is 4.57 Å². The van der Waals surface area contributed by atoms with Gasteiger partial charge >= 0.3 is 17.6 Å². The molecule has 0 atom stereocenters. The highest BCUT2D eigenvalue weighted by molar-refractivity contribution is 5.92. The fraction of sp³-hybridized carbons (Fsp3) is 0.125. The summed E-state index contributed by atoms with van der Waals surface area (Å²) < 4.78 is 1.08. The number of hydrogen-bond acceptors (Lipinski definition) is 4. The number of nitrogens with zero attached hydrogens (tertiary/aromatic N) is 1. The van der Waals surface area contributed by atoms with E-state index in [1.54, 1.807) is 0 Å². The van der Waals surface area contributed by atoms with Gasteiger partial charge in [0.1, 0.15) is 0 Å². The predicted octanol–water partition coefficient (Wildman–Crippen LogP) is -1.63. The Bertz CT molecular complexity index is 405. The molecule has 1 aromatic heterocycles. The van der Waals surface area contributed by atoms with Crippen molar-refractivity contribution in [1.29, 1.82) is 0 Å². The van der Waals surface area contributed by atoms with Crippen molar-refractivity contribution in [2.45, 2.75) is 6.54 Å². The lowest BCUT2D eigenvalue weighted by molar-refractivity contribution is -0.688. The molecule has 5 N–H and O–H groups in total. The number of nitrogens with two attached hydrogens (primary N) is 1. The van der Waals surface area contributed by atoms with Gasteiger partial charge in [-0.05, 0) is 6.07 Å². The van der Waals surface area contributed by atoms with Gasteiger partial charge in [0.05, 0.1) is 0 Å². The van der Waals surface area contributed by atoms with Crippen molar-refractivity contribution in [1.82, 2.24) is 5.43 Å². The quantitative estimate of drug-likeness (QED) is 0.208. The van der Waals surface area contributed by atoms with Crippen LogP contribution < -0.4 is 15.8 Å². The van der Waals surface area contributed by atoms with E-state index in [0.717, 1.165) is 4.57 Å². The number of aromatic hydroxyl groups is 1. The van der Waals surface area contributed by atoms with Crippen LogP contribution in [0, 0.1) is 0 Å². The summed E-state index contributed by atoms with van der Waals surface area (Å²) in [7, 11) is 0. The van der Waals surface area contributed by atoms with E-state index in [9.17, 15) is 14.7 Å². The van der Waals surface area contributed by atoms with E-state index in [4.69, 9.17) is 10.9 Å². The Hall–Kier alpha value is -2.15. The fourth-order valence-electron chi connectivity index (χ4n) is 1.13. The molecule has 1 aromatic rings. The van der Waals surface area contributed by atoms with Crippen molar-refractivity contribution in [2.75, 3.05) is 0 Å². The second-order valence-electron chi connectivity index (χ2n) is 2.74. The lowest BCUT2D eigenvalue weighted by Gasteiger charge is -2.01. The SMILES string of the molecule is NNC(=O)c1c(O)ccc[n+]1CC(=O)O. The Morgan fingerprint density at radius 2 is 2.20 bits per heavy atom. The number of carboxylic acids is 1. The monoisotopic (exact) mass is 212 g/mol. The van der Waals surface area contributed by atoms with E-state index >= 15 is 0 Å². The number of rotatable bonds is 3. The summed E-state index contributed by atoms with van der Waals surface area (Å²) in [6, 6.07) is 2.69. The van der Waals surface area contributed by atoms with Crippen molar-refractivity contribution < 1.29 is 24.4 Å². The number of aliphatic carboxylic acids is 1. The highest BCUT2D eigenvalue weighted by Gasteiger charge is 2.24. The van der Waals surface area contributed by atoms with Crippen molar-refractivity contribution in [2.24, 2.45) is 5.84 Å². The van der Waals surface area contributed by atoms with Crippen molar-refractivity contribution in [3.8, 4) is 5.75 Å². The smallest absolute Gasteiger partial charge is 0.370 e. The number of amides is 1. The van der Waals surface area contributed by atoms with Gasteiger partial charge in [0.2, 0.25) is 6.54 Å². The second-order valence-corrected chi connectivity index (χ2v) is 2.74. The number of pyridine rings is 1. The molecule has 80 valence electrons. The van der Waals surface area contributed by atoms with Crippen molar-refractivity contribution >= 4 is 11.9 Å². The van der Waals surface area contributed by atoms with E-state index in [2.05, 4.69) is 0 Å². The van der Waals surface area contributed by atoms with Gasteiger partial charge in [-0.15, -0.1) is 0 Å². The Morgan fingerprint density at radius 1 is 1.53 bits per heavy atom. The average molecular weight is 212 g/mol. The first-order valence-corrected chi connectivity index (χ1v) is 4.00. The average Bonchev–Trinajstić information content (AvgIpc) is 2.16. The summed E-state index contributed by atoms with van der Waals surface area (Å²) in [5.74, 6) is 2.69. The van der Waals surface area contributed by atoms with E-state index in [0.29, 0.717) is 0 Å². The number of carboxylic acid groups (broad SMARTS) is 1. The maximum atomic E-state index is 11.2. The molecule has 15 heavy (non-hydrogen) atoms. The number of nitrogens with one attached hydrogen (secondary N) is 1. The van der Waals surface area contributed by atoms with Crippen LogP contribution >= 0.6 is 0 Å². The molecule has 7 heteroatoms. The first kappa shape index (κ1) is 10.9. The summed E-state index contributed by atoms with van der Waals surface area (Å²) in [6.07, 6.45) is 1.36. The van der Waals surface area contributed by atoms with E-state index in [-0.39, 0.29) is 11.4 Å². The molecule has 0 unspecified atom stereocenters. The Balaban J connectivity index is 3.20. The maximum Gasteiger partial charge on any atom is 0.370 e. The third-order valence-electron chi connectivity index (χ3n) is 1.70. The van der Waals surface area contributed by atoms with Gasteiger partial charge in [0.15, 0.2) is 11.9 Å². The molecule has 0 aliphatic carbocycles. The van der Waals surface area contributed by atoms with Crippen LogP contribution in [0.25, 0.3) is 0 Å². The van der Waals surface area contributed by atoms with Crippen molar-refractivity contribution in [3.63, 3.8) is 0 Å². The highest BCUT2D eigenvalue weighted by atomic mass is 16.4. The molecule has 0 saturated carbocycles.